The molecule has 0 radical (unpaired) electrons. The van der Waals surface area contributed by atoms with Gasteiger partial charge in [0.25, 0.3) is 0 Å². The number of carbonyl (C=O) groups excluding carboxylic acids is 2. The summed E-state index contributed by atoms with van der Waals surface area (Å²) in [6.45, 7) is 6.38. The Kier molecular flexibility index (Phi) is 4.69. The number of Topliss-reactive ketones (excluding diaryl/α,β-unsaturated/α-hetero) is 1. The van der Waals surface area contributed by atoms with Crippen LogP contribution in [0.2, 0.25) is 0 Å². The molecule has 0 bridgehead atoms. The largest absolute Gasteiger partial charge is 0.519 e. The highest BCUT2D eigenvalue weighted by Crippen LogP contribution is 2.24. The zero-order chi connectivity index (χ0) is 14.6. The summed E-state index contributed by atoms with van der Waals surface area (Å²) in [6.07, 6.45) is 0.503. The lowest BCUT2D eigenvalue weighted by molar-refractivity contribution is -0.157. The van der Waals surface area contributed by atoms with Crippen molar-refractivity contribution < 1.29 is 23.2 Å². The van der Waals surface area contributed by atoms with Crippen LogP contribution in [0.3, 0.4) is 0 Å². The summed E-state index contributed by atoms with van der Waals surface area (Å²) in [7, 11) is 0. The number of hydrogen-bond acceptors (Lipinski definition) is 6. The molecule has 0 fully saturated rings. The fourth-order valence-corrected chi connectivity index (χ4v) is 1.52. The first-order chi connectivity index (χ1) is 8.76. The van der Waals surface area contributed by atoms with Crippen LogP contribution in [-0.4, -0.2) is 11.8 Å². The number of esters is 1. The molecule has 1 rings (SSSR count). The maximum Gasteiger partial charge on any atom is 0.519 e. The first-order valence-corrected chi connectivity index (χ1v) is 6.04. The fraction of sp³-hybridized carbons (Fsp3) is 0.615. The van der Waals surface area contributed by atoms with Crippen LogP contribution in [0.1, 0.15) is 45.1 Å². The van der Waals surface area contributed by atoms with Gasteiger partial charge in [-0.05, 0) is 20.8 Å². The van der Waals surface area contributed by atoms with Gasteiger partial charge in [-0.2, -0.15) is 0 Å². The van der Waals surface area contributed by atoms with Crippen LogP contribution in [0.4, 0.5) is 0 Å². The summed E-state index contributed by atoms with van der Waals surface area (Å²) >= 11 is 0. The second-order valence-corrected chi connectivity index (χ2v) is 4.96. The third kappa shape index (κ3) is 4.08. The van der Waals surface area contributed by atoms with E-state index in [1.54, 1.807) is 27.7 Å². The molecule has 0 aliphatic carbocycles. The van der Waals surface area contributed by atoms with Gasteiger partial charge in [-0.1, -0.05) is 6.92 Å². The predicted octanol–water partition coefficient (Wildman–Crippen LogP) is 1.98. The van der Waals surface area contributed by atoms with Crippen LogP contribution in [0.15, 0.2) is 13.6 Å². The molecule has 0 spiro atoms. The SMILES string of the molecule is CCC(=O)CC(C)(C)C(=O)OCc1oc(=O)oc1C. The van der Waals surface area contributed by atoms with E-state index in [0.717, 1.165) is 0 Å². The summed E-state index contributed by atoms with van der Waals surface area (Å²) in [5.41, 5.74) is -0.898. The molecule has 0 amide bonds. The molecule has 0 saturated carbocycles. The van der Waals surface area contributed by atoms with Crippen LogP contribution in [0, 0.1) is 12.3 Å². The van der Waals surface area contributed by atoms with Crippen molar-refractivity contribution >= 4 is 11.8 Å². The number of aryl methyl sites for hydroxylation is 1. The van der Waals surface area contributed by atoms with Gasteiger partial charge in [-0.3, -0.25) is 9.59 Å². The molecule has 106 valence electrons. The normalized spacial score (nSPS) is 11.4. The third-order valence-corrected chi connectivity index (χ3v) is 2.76. The molecule has 0 unspecified atom stereocenters. The minimum absolute atomic E-state index is 0.00651. The van der Waals surface area contributed by atoms with Gasteiger partial charge in [-0.25, -0.2) is 4.79 Å². The quantitative estimate of drug-likeness (QED) is 0.734. The molecule has 19 heavy (non-hydrogen) atoms. The van der Waals surface area contributed by atoms with E-state index in [1.165, 1.54) is 0 Å². The second kappa shape index (κ2) is 5.86. The Labute approximate surface area is 110 Å². The Morgan fingerprint density at radius 2 is 1.89 bits per heavy atom. The van der Waals surface area contributed by atoms with Gasteiger partial charge in [0, 0.05) is 12.8 Å². The molecular weight excluding hydrogens is 252 g/mol. The maximum absolute atomic E-state index is 11.9. The van der Waals surface area contributed by atoms with Gasteiger partial charge in [-0.15, -0.1) is 0 Å². The van der Waals surface area contributed by atoms with Gasteiger partial charge in [0.1, 0.15) is 5.78 Å². The molecule has 0 aliphatic rings. The first kappa shape index (κ1) is 15.2. The smallest absolute Gasteiger partial charge is 0.457 e. The molecule has 6 nitrogen and oxygen atoms in total. The van der Waals surface area contributed by atoms with E-state index in [-0.39, 0.29) is 30.3 Å². The standard InChI is InChI=1S/C13H18O6/c1-5-9(14)6-13(3,4)11(15)17-7-10-8(2)18-12(16)19-10/h5-7H2,1-4H3. The zero-order valence-corrected chi connectivity index (χ0v) is 11.6. The molecule has 0 aromatic carbocycles. The van der Waals surface area contributed by atoms with Crippen molar-refractivity contribution in [3.05, 3.63) is 22.1 Å². The summed E-state index contributed by atoms with van der Waals surface area (Å²) in [6, 6.07) is 0. The summed E-state index contributed by atoms with van der Waals surface area (Å²) in [4.78, 5) is 34.1. The third-order valence-electron chi connectivity index (χ3n) is 2.76. The van der Waals surface area contributed by atoms with E-state index < -0.39 is 17.2 Å². The first-order valence-electron chi connectivity index (χ1n) is 6.04. The molecule has 1 aromatic heterocycles. The van der Waals surface area contributed by atoms with E-state index >= 15 is 0 Å². The highest BCUT2D eigenvalue weighted by Gasteiger charge is 2.32. The van der Waals surface area contributed by atoms with Crippen molar-refractivity contribution in [3.8, 4) is 0 Å². The lowest BCUT2D eigenvalue weighted by Gasteiger charge is -2.21. The van der Waals surface area contributed by atoms with Crippen LogP contribution in [0.5, 0.6) is 0 Å². The molecular formula is C13H18O6. The summed E-state index contributed by atoms with van der Waals surface area (Å²) in [5.74, 6) is -0.897. The van der Waals surface area contributed by atoms with Crippen LogP contribution < -0.4 is 5.82 Å². The van der Waals surface area contributed by atoms with Crippen molar-refractivity contribution in [1.29, 1.82) is 0 Å². The highest BCUT2D eigenvalue weighted by molar-refractivity contribution is 5.86. The minimum Gasteiger partial charge on any atom is -0.457 e. The van der Waals surface area contributed by atoms with Gasteiger partial charge in [0.2, 0.25) is 0 Å². The van der Waals surface area contributed by atoms with Crippen molar-refractivity contribution in [3.63, 3.8) is 0 Å². The maximum atomic E-state index is 11.9. The Hall–Kier alpha value is -1.85. The zero-order valence-electron chi connectivity index (χ0n) is 11.6. The Morgan fingerprint density at radius 1 is 1.26 bits per heavy atom. The minimum atomic E-state index is -0.898. The van der Waals surface area contributed by atoms with E-state index in [0.29, 0.717) is 6.42 Å². The lowest BCUT2D eigenvalue weighted by atomic mass is 9.87. The molecule has 0 aliphatic heterocycles. The van der Waals surface area contributed by atoms with Crippen LogP contribution in [-0.2, 0) is 20.9 Å². The van der Waals surface area contributed by atoms with Crippen molar-refractivity contribution in [1.82, 2.24) is 0 Å². The van der Waals surface area contributed by atoms with E-state index in [4.69, 9.17) is 9.15 Å². The van der Waals surface area contributed by atoms with Crippen LogP contribution in [0.25, 0.3) is 0 Å². The molecule has 1 heterocycles. The van der Waals surface area contributed by atoms with E-state index in [2.05, 4.69) is 4.42 Å². The van der Waals surface area contributed by atoms with E-state index in [9.17, 15) is 14.4 Å². The average Bonchev–Trinajstić information content (AvgIpc) is 2.63. The molecule has 1 aromatic rings. The lowest BCUT2D eigenvalue weighted by Crippen LogP contribution is -2.29. The number of carbonyl (C=O) groups is 2. The van der Waals surface area contributed by atoms with Crippen LogP contribution >= 0.6 is 0 Å². The highest BCUT2D eigenvalue weighted by atomic mass is 16.6. The van der Waals surface area contributed by atoms with Gasteiger partial charge >= 0.3 is 11.8 Å². The summed E-state index contributed by atoms with van der Waals surface area (Å²) in [5, 5.41) is 0. The fourth-order valence-electron chi connectivity index (χ4n) is 1.52. The Bertz CT molecular complexity index is 519. The van der Waals surface area contributed by atoms with Gasteiger partial charge < -0.3 is 13.6 Å². The monoisotopic (exact) mass is 270 g/mol. The molecule has 0 atom stereocenters. The van der Waals surface area contributed by atoms with Crippen molar-refractivity contribution in [2.24, 2.45) is 5.41 Å². The van der Waals surface area contributed by atoms with Crippen molar-refractivity contribution in [2.75, 3.05) is 0 Å². The average molecular weight is 270 g/mol. The topological polar surface area (TPSA) is 86.7 Å². The second-order valence-electron chi connectivity index (χ2n) is 4.96. The van der Waals surface area contributed by atoms with E-state index in [1.807, 2.05) is 0 Å². The number of rotatable bonds is 6. The number of ether oxygens (including phenoxy) is 1. The van der Waals surface area contributed by atoms with Crippen molar-refractivity contribution in [2.45, 2.75) is 47.1 Å². The summed E-state index contributed by atoms with van der Waals surface area (Å²) < 4.78 is 14.4. The Balaban J connectivity index is 2.62. The molecule has 0 N–H and O–H groups in total. The Morgan fingerprint density at radius 3 is 2.37 bits per heavy atom. The molecule has 0 saturated heterocycles. The number of ketones is 1. The van der Waals surface area contributed by atoms with Gasteiger partial charge in [0.15, 0.2) is 18.1 Å². The molecule has 6 heteroatoms. The predicted molar refractivity (Wildman–Crippen MR) is 65.5 cm³/mol. The van der Waals surface area contributed by atoms with Gasteiger partial charge in [0.05, 0.1) is 5.41 Å². The number of hydrogen-bond donors (Lipinski definition) is 0.